The molecule has 98 valence electrons. The van der Waals surface area contributed by atoms with E-state index in [1.807, 2.05) is 37.5 Å². The highest BCUT2D eigenvalue weighted by Gasteiger charge is 2.17. The predicted octanol–water partition coefficient (Wildman–Crippen LogP) is 3.34. The van der Waals surface area contributed by atoms with E-state index in [0.29, 0.717) is 11.1 Å². The van der Waals surface area contributed by atoms with E-state index in [2.05, 4.69) is 13.0 Å². The lowest BCUT2D eigenvalue weighted by atomic mass is 10.1. The Morgan fingerprint density at radius 3 is 1.79 bits per heavy atom. The third kappa shape index (κ3) is 2.01. The monoisotopic (exact) mass is 255 g/mol. The first-order valence-corrected chi connectivity index (χ1v) is 6.21. The maximum Gasteiger partial charge on any atom is 0.152 e. The number of carbonyl (C=O) groups excluding carboxylic acids is 2. The van der Waals surface area contributed by atoms with Crippen molar-refractivity contribution in [3.63, 3.8) is 0 Å². The first-order chi connectivity index (χ1) is 9.01. The van der Waals surface area contributed by atoms with Crippen LogP contribution in [0.4, 0.5) is 0 Å². The fraction of sp³-hybridized carbons (Fsp3) is 0.250. The Bertz CT molecular complexity index is 634. The maximum absolute atomic E-state index is 11.2. The molecule has 0 amide bonds. The summed E-state index contributed by atoms with van der Waals surface area (Å²) in [6.07, 6.45) is 1.51. The molecular formula is C16H17NO2. The van der Waals surface area contributed by atoms with Gasteiger partial charge in [-0.15, -0.1) is 0 Å². The predicted molar refractivity (Wildman–Crippen MR) is 75.5 cm³/mol. The van der Waals surface area contributed by atoms with Crippen LogP contribution in [0.3, 0.4) is 0 Å². The van der Waals surface area contributed by atoms with Crippen LogP contribution in [-0.2, 0) is 0 Å². The highest BCUT2D eigenvalue weighted by atomic mass is 16.1. The highest BCUT2D eigenvalue weighted by Crippen LogP contribution is 2.25. The van der Waals surface area contributed by atoms with Crippen LogP contribution in [0.2, 0.25) is 0 Å². The average molecular weight is 255 g/mol. The Labute approximate surface area is 112 Å². The summed E-state index contributed by atoms with van der Waals surface area (Å²) in [6.45, 7) is 7.83. The number of aromatic nitrogens is 1. The molecule has 3 heteroatoms. The second-order valence-corrected chi connectivity index (χ2v) is 4.84. The van der Waals surface area contributed by atoms with Crippen molar-refractivity contribution in [2.75, 3.05) is 0 Å². The minimum atomic E-state index is 0.478. The van der Waals surface area contributed by atoms with Gasteiger partial charge in [-0.25, -0.2) is 0 Å². The van der Waals surface area contributed by atoms with Crippen molar-refractivity contribution in [1.29, 1.82) is 0 Å². The molecule has 0 bridgehead atoms. The smallest absolute Gasteiger partial charge is 0.152 e. The van der Waals surface area contributed by atoms with Crippen LogP contribution in [0.15, 0.2) is 18.2 Å². The van der Waals surface area contributed by atoms with Gasteiger partial charge in [0.15, 0.2) is 12.6 Å². The Morgan fingerprint density at radius 1 is 0.842 bits per heavy atom. The van der Waals surface area contributed by atoms with Crippen molar-refractivity contribution in [1.82, 2.24) is 4.57 Å². The van der Waals surface area contributed by atoms with Crippen molar-refractivity contribution in [3.05, 3.63) is 51.8 Å². The van der Waals surface area contributed by atoms with Crippen LogP contribution < -0.4 is 0 Å². The van der Waals surface area contributed by atoms with Gasteiger partial charge < -0.3 is 4.57 Å². The van der Waals surface area contributed by atoms with Gasteiger partial charge in [0.25, 0.3) is 0 Å². The van der Waals surface area contributed by atoms with Gasteiger partial charge >= 0.3 is 0 Å². The molecule has 0 N–H and O–H groups in total. The van der Waals surface area contributed by atoms with Gasteiger partial charge in [-0.2, -0.15) is 0 Å². The van der Waals surface area contributed by atoms with Crippen molar-refractivity contribution in [3.8, 4) is 5.69 Å². The maximum atomic E-state index is 11.2. The Morgan fingerprint density at radius 2 is 1.37 bits per heavy atom. The van der Waals surface area contributed by atoms with Crippen molar-refractivity contribution in [2.24, 2.45) is 0 Å². The molecule has 0 aliphatic rings. The summed E-state index contributed by atoms with van der Waals surface area (Å²) in [5.41, 5.74) is 5.95. The molecule has 1 aromatic heterocycles. The summed E-state index contributed by atoms with van der Waals surface area (Å²) in [7, 11) is 0. The van der Waals surface area contributed by atoms with Crippen LogP contribution in [0, 0.1) is 27.7 Å². The van der Waals surface area contributed by atoms with Crippen molar-refractivity contribution < 1.29 is 9.59 Å². The van der Waals surface area contributed by atoms with Gasteiger partial charge in [-0.05, 0) is 51.0 Å². The highest BCUT2D eigenvalue weighted by molar-refractivity contribution is 5.93. The molecule has 0 spiro atoms. The van der Waals surface area contributed by atoms with E-state index in [1.54, 1.807) is 0 Å². The fourth-order valence-electron chi connectivity index (χ4n) is 2.43. The Balaban J connectivity index is 2.75. The van der Waals surface area contributed by atoms with Gasteiger partial charge in [0, 0.05) is 28.2 Å². The van der Waals surface area contributed by atoms with Crippen LogP contribution in [0.5, 0.6) is 0 Å². The summed E-state index contributed by atoms with van der Waals surface area (Å²) >= 11 is 0. The molecule has 2 aromatic rings. The van der Waals surface area contributed by atoms with Gasteiger partial charge in [-0.1, -0.05) is 6.07 Å². The summed E-state index contributed by atoms with van der Waals surface area (Å²) in [6, 6.07) is 6.12. The molecule has 0 saturated carbocycles. The van der Waals surface area contributed by atoms with E-state index < -0.39 is 0 Å². The zero-order valence-electron chi connectivity index (χ0n) is 11.7. The van der Waals surface area contributed by atoms with Crippen LogP contribution in [0.25, 0.3) is 5.69 Å². The number of hydrogen-bond acceptors (Lipinski definition) is 2. The van der Waals surface area contributed by atoms with Crippen LogP contribution in [0.1, 0.15) is 43.2 Å². The van der Waals surface area contributed by atoms with Crippen molar-refractivity contribution >= 4 is 12.6 Å². The van der Waals surface area contributed by atoms with Crippen molar-refractivity contribution in [2.45, 2.75) is 27.7 Å². The lowest BCUT2D eigenvalue weighted by Crippen LogP contribution is -2.00. The molecule has 0 fully saturated rings. The second kappa shape index (κ2) is 4.84. The zero-order valence-corrected chi connectivity index (χ0v) is 11.7. The van der Waals surface area contributed by atoms with Gasteiger partial charge in [0.1, 0.15) is 0 Å². The van der Waals surface area contributed by atoms with E-state index in [4.69, 9.17) is 0 Å². The molecule has 0 aliphatic heterocycles. The zero-order chi connectivity index (χ0) is 14.2. The molecule has 0 atom stereocenters. The molecule has 0 radical (unpaired) electrons. The fourth-order valence-corrected chi connectivity index (χ4v) is 2.43. The van der Waals surface area contributed by atoms with Crippen LogP contribution in [-0.4, -0.2) is 17.1 Å². The minimum absolute atomic E-state index is 0.478. The molecular weight excluding hydrogens is 238 g/mol. The SMILES string of the molecule is Cc1ccc(-n2c(C)c(C=O)c(C=O)c2C)cc1C. The van der Waals surface area contributed by atoms with Crippen LogP contribution >= 0.6 is 0 Å². The largest absolute Gasteiger partial charge is 0.317 e. The van der Waals surface area contributed by atoms with Gasteiger partial charge in [0.05, 0.1) is 0 Å². The summed E-state index contributed by atoms with van der Waals surface area (Å²) in [5, 5.41) is 0. The lowest BCUT2D eigenvalue weighted by molar-refractivity contribution is 0.109. The van der Waals surface area contributed by atoms with Gasteiger partial charge in [0.2, 0.25) is 0 Å². The molecule has 1 heterocycles. The number of aryl methyl sites for hydroxylation is 2. The first-order valence-electron chi connectivity index (χ1n) is 6.21. The number of carbonyl (C=O) groups is 2. The molecule has 3 nitrogen and oxygen atoms in total. The molecule has 2 rings (SSSR count). The molecule has 19 heavy (non-hydrogen) atoms. The van der Waals surface area contributed by atoms with E-state index in [9.17, 15) is 9.59 Å². The van der Waals surface area contributed by atoms with E-state index >= 15 is 0 Å². The van der Waals surface area contributed by atoms with E-state index in [0.717, 1.165) is 29.6 Å². The quantitative estimate of drug-likeness (QED) is 0.789. The number of benzene rings is 1. The summed E-state index contributed by atoms with van der Waals surface area (Å²) < 4.78 is 1.96. The average Bonchev–Trinajstić information content (AvgIpc) is 2.63. The third-order valence-electron chi connectivity index (χ3n) is 3.72. The Hall–Kier alpha value is -2.16. The molecule has 0 unspecified atom stereocenters. The molecule has 1 aromatic carbocycles. The third-order valence-corrected chi connectivity index (χ3v) is 3.72. The standard InChI is InChI=1S/C16H17NO2/c1-10-5-6-14(7-11(10)2)17-12(3)15(8-18)16(9-19)13(17)4/h5-9H,1-4H3. The Kier molecular flexibility index (Phi) is 3.38. The molecule has 0 saturated heterocycles. The first kappa shape index (κ1) is 13.3. The molecule has 0 aliphatic carbocycles. The lowest BCUT2D eigenvalue weighted by Gasteiger charge is -2.11. The summed E-state index contributed by atoms with van der Waals surface area (Å²) in [5.74, 6) is 0. The topological polar surface area (TPSA) is 39.1 Å². The normalized spacial score (nSPS) is 10.5. The van der Waals surface area contributed by atoms with Gasteiger partial charge in [-0.3, -0.25) is 9.59 Å². The number of aldehydes is 2. The minimum Gasteiger partial charge on any atom is -0.317 e. The van der Waals surface area contributed by atoms with E-state index in [1.165, 1.54) is 11.1 Å². The van der Waals surface area contributed by atoms with E-state index in [-0.39, 0.29) is 0 Å². The second-order valence-electron chi connectivity index (χ2n) is 4.84. The number of hydrogen-bond donors (Lipinski definition) is 0. The number of nitrogens with zero attached hydrogens (tertiary/aromatic N) is 1. The summed E-state index contributed by atoms with van der Waals surface area (Å²) in [4.78, 5) is 22.3. The number of rotatable bonds is 3.